The van der Waals surface area contributed by atoms with Crippen molar-refractivity contribution in [1.82, 2.24) is 10.2 Å². The van der Waals surface area contributed by atoms with E-state index in [2.05, 4.69) is 10.2 Å². The molecule has 1 heterocycles. The Hall–Kier alpha value is -0.650. The van der Waals surface area contributed by atoms with Crippen molar-refractivity contribution in [2.45, 2.75) is 50.5 Å². The van der Waals surface area contributed by atoms with Crippen molar-refractivity contribution in [3.8, 4) is 0 Å². The summed E-state index contributed by atoms with van der Waals surface area (Å²) in [4.78, 5) is 13.7. The van der Waals surface area contributed by atoms with Gasteiger partial charge in [-0.2, -0.15) is 0 Å². The fourth-order valence-corrected chi connectivity index (χ4v) is 3.55. The summed E-state index contributed by atoms with van der Waals surface area (Å²) in [5, 5.41) is 13.1. The van der Waals surface area contributed by atoms with Crippen molar-refractivity contribution in [1.29, 1.82) is 0 Å². The second-order valence-electron chi connectivity index (χ2n) is 6.68. The minimum Gasteiger partial charge on any atom is -0.388 e. The molecule has 1 saturated heterocycles. The molecule has 1 unspecified atom stereocenters. The smallest absolute Gasteiger partial charge is 0.222 e. The Morgan fingerprint density at radius 2 is 2.14 bits per heavy atom. The average molecular weight is 298 g/mol. The van der Waals surface area contributed by atoms with Crippen LogP contribution in [0, 0.1) is 5.92 Å². The summed E-state index contributed by atoms with van der Waals surface area (Å²) >= 11 is 0. The molecule has 0 aromatic rings. The first kappa shape index (κ1) is 16.7. The molecule has 2 fully saturated rings. The van der Waals surface area contributed by atoms with Gasteiger partial charge in [0.1, 0.15) is 0 Å². The molecule has 2 N–H and O–H groups in total. The van der Waals surface area contributed by atoms with E-state index in [1.54, 1.807) is 7.05 Å². The van der Waals surface area contributed by atoms with Crippen molar-refractivity contribution >= 4 is 5.91 Å². The lowest BCUT2D eigenvalue weighted by Gasteiger charge is -2.38. The first-order chi connectivity index (χ1) is 10.1. The van der Waals surface area contributed by atoms with Crippen molar-refractivity contribution in [3.05, 3.63) is 0 Å². The average Bonchev–Trinajstić information content (AvgIpc) is 2.96. The van der Waals surface area contributed by atoms with Crippen LogP contribution in [0.5, 0.6) is 0 Å². The summed E-state index contributed by atoms with van der Waals surface area (Å²) in [5.74, 6) is 0.674. The van der Waals surface area contributed by atoms with Crippen LogP contribution in [-0.2, 0) is 9.53 Å². The van der Waals surface area contributed by atoms with Crippen LogP contribution < -0.4 is 5.32 Å². The number of ether oxygens (including phenoxy) is 1. The van der Waals surface area contributed by atoms with Crippen LogP contribution >= 0.6 is 0 Å². The van der Waals surface area contributed by atoms with Gasteiger partial charge in [0.25, 0.3) is 0 Å². The number of amides is 1. The highest BCUT2D eigenvalue weighted by Crippen LogP contribution is 2.25. The van der Waals surface area contributed by atoms with Crippen LogP contribution in [0.2, 0.25) is 0 Å². The molecule has 5 nitrogen and oxygen atoms in total. The number of likely N-dealkylation sites (tertiary alicyclic amines) is 1. The molecule has 2 aliphatic rings. The van der Waals surface area contributed by atoms with Gasteiger partial charge in [0.15, 0.2) is 0 Å². The van der Waals surface area contributed by atoms with Gasteiger partial charge in [-0.05, 0) is 38.1 Å². The number of nitrogens with one attached hydrogen (secondary N) is 1. The third-order valence-corrected chi connectivity index (χ3v) is 4.78. The maximum atomic E-state index is 11.5. The second-order valence-corrected chi connectivity index (χ2v) is 6.68. The van der Waals surface area contributed by atoms with E-state index >= 15 is 0 Å². The molecule has 1 aliphatic carbocycles. The molecule has 0 aromatic carbocycles. The van der Waals surface area contributed by atoms with E-state index in [1.165, 1.54) is 25.7 Å². The predicted octanol–water partition coefficient (Wildman–Crippen LogP) is 1.16. The largest absolute Gasteiger partial charge is 0.388 e. The molecule has 1 atom stereocenters. The van der Waals surface area contributed by atoms with Gasteiger partial charge < -0.3 is 15.2 Å². The molecule has 5 heteroatoms. The Kier molecular flexibility index (Phi) is 6.45. The van der Waals surface area contributed by atoms with Crippen molar-refractivity contribution in [2.24, 2.45) is 5.92 Å². The normalized spacial score (nSPS) is 27.9. The van der Waals surface area contributed by atoms with E-state index in [0.717, 1.165) is 38.6 Å². The maximum absolute atomic E-state index is 11.5. The lowest BCUT2D eigenvalue weighted by Crippen LogP contribution is -2.51. The molecule has 21 heavy (non-hydrogen) atoms. The standard InChI is InChI=1S/C16H30N2O3/c1-17-15(19)11-16(20)7-4-8-18(13-16)9-10-21-12-14-5-2-3-6-14/h14,20H,2-13H2,1H3,(H,17,19). The number of nitrogens with zero attached hydrogens (tertiary/aromatic N) is 1. The third kappa shape index (κ3) is 5.57. The van der Waals surface area contributed by atoms with Crippen LogP contribution in [0.4, 0.5) is 0 Å². The molecule has 1 aliphatic heterocycles. The summed E-state index contributed by atoms with van der Waals surface area (Å²) in [7, 11) is 1.61. The van der Waals surface area contributed by atoms with Gasteiger partial charge in [-0.15, -0.1) is 0 Å². The highest BCUT2D eigenvalue weighted by Gasteiger charge is 2.34. The Morgan fingerprint density at radius 1 is 1.38 bits per heavy atom. The van der Waals surface area contributed by atoms with E-state index in [0.29, 0.717) is 13.0 Å². The topological polar surface area (TPSA) is 61.8 Å². The third-order valence-electron chi connectivity index (χ3n) is 4.78. The number of carbonyl (C=O) groups is 1. The monoisotopic (exact) mass is 298 g/mol. The summed E-state index contributed by atoms with van der Waals surface area (Å²) in [6, 6.07) is 0. The fraction of sp³-hybridized carbons (Fsp3) is 0.938. The predicted molar refractivity (Wildman–Crippen MR) is 82.1 cm³/mol. The number of hydrogen-bond donors (Lipinski definition) is 2. The van der Waals surface area contributed by atoms with Crippen LogP contribution in [0.3, 0.4) is 0 Å². The molecule has 1 amide bonds. The molecule has 2 rings (SSSR count). The molecule has 0 spiro atoms. The van der Waals surface area contributed by atoms with Gasteiger partial charge in [-0.1, -0.05) is 12.8 Å². The molecular weight excluding hydrogens is 268 g/mol. The van der Waals surface area contributed by atoms with Gasteiger partial charge in [-0.3, -0.25) is 9.69 Å². The Balaban J connectivity index is 1.64. The zero-order valence-electron chi connectivity index (χ0n) is 13.3. The van der Waals surface area contributed by atoms with E-state index in [-0.39, 0.29) is 12.3 Å². The summed E-state index contributed by atoms with van der Waals surface area (Å²) in [5.41, 5.74) is -0.871. The summed E-state index contributed by atoms with van der Waals surface area (Å²) < 4.78 is 5.79. The SMILES string of the molecule is CNC(=O)CC1(O)CCCN(CCOCC2CCCC2)C1. The number of carbonyl (C=O) groups excluding carboxylic acids is 1. The Morgan fingerprint density at radius 3 is 2.86 bits per heavy atom. The summed E-state index contributed by atoms with van der Waals surface area (Å²) in [6.07, 6.45) is 7.18. The maximum Gasteiger partial charge on any atom is 0.222 e. The lowest BCUT2D eigenvalue weighted by molar-refractivity contribution is -0.128. The Bertz CT molecular complexity index is 331. The first-order valence-corrected chi connectivity index (χ1v) is 8.34. The van der Waals surface area contributed by atoms with E-state index in [9.17, 15) is 9.90 Å². The first-order valence-electron chi connectivity index (χ1n) is 8.34. The molecule has 0 bridgehead atoms. The molecule has 0 radical (unpaired) electrons. The number of piperidine rings is 1. The van der Waals surface area contributed by atoms with Crippen LogP contribution in [0.15, 0.2) is 0 Å². The molecule has 122 valence electrons. The van der Waals surface area contributed by atoms with Gasteiger partial charge in [0.05, 0.1) is 18.6 Å². The van der Waals surface area contributed by atoms with Crippen molar-refractivity contribution < 1.29 is 14.6 Å². The number of rotatable bonds is 7. The quantitative estimate of drug-likeness (QED) is 0.692. The number of β-amino-alcohol motifs (C(OH)–C–C–N with tert-alkyl or cyclic N) is 1. The zero-order chi connectivity index (χ0) is 15.1. The van der Waals surface area contributed by atoms with Crippen LogP contribution in [-0.4, -0.2) is 61.4 Å². The van der Waals surface area contributed by atoms with Gasteiger partial charge >= 0.3 is 0 Å². The molecule has 0 aromatic heterocycles. The highest BCUT2D eigenvalue weighted by molar-refractivity contribution is 5.76. The minimum absolute atomic E-state index is 0.0863. The Labute approximate surface area is 128 Å². The lowest BCUT2D eigenvalue weighted by atomic mass is 9.89. The van der Waals surface area contributed by atoms with E-state index < -0.39 is 5.60 Å². The summed E-state index contributed by atoms with van der Waals surface area (Å²) in [6.45, 7) is 4.03. The molecular formula is C16H30N2O3. The highest BCUT2D eigenvalue weighted by atomic mass is 16.5. The number of hydrogen-bond acceptors (Lipinski definition) is 4. The van der Waals surface area contributed by atoms with Crippen molar-refractivity contribution in [2.75, 3.05) is 39.9 Å². The van der Waals surface area contributed by atoms with E-state index in [4.69, 9.17) is 4.74 Å². The van der Waals surface area contributed by atoms with Gasteiger partial charge in [0, 0.05) is 26.7 Å². The zero-order valence-corrected chi connectivity index (χ0v) is 13.3. The van der Waals surface area contributed by atoms with Crippen LogP contribution in [0.1, 0.15) is 44.9 Å². The molecule has 1 saturated carbocycles. The van der Waals surface area contributed by atoms with Crippen LogP contribution in [0.25, 0.3) is 0 Å². The minimum atomic E-state index is -0.871. The van der Waals surface area contributed by atoms with E-state index in [1.807, 2.05) is 0 Å². The second kappa shape index (κ2) is 8.11. The van der Waals surface area contributed by atoms with Crippen molar-refractivity contribution in [3.63, 3.8) is 0 Å². The van der Waals surface area contributed by atoms with Gasteiger partial charge in [0.2, 0.25) is 5.91 Å². The van der Waals surface area contributed by atoms with Gasteiger partial charge in [-0.25, -0.2) is 0 Å². The fourth-order valence-electron chi connectivity index (χ4n) is 3.55. The number of aliphatic hydroxyl groups is 1.